The summed E-state index contributed by atoms with van der Waals surface area (Å²) >= 11 is 3.36. The molecule has 0 saturated heterocycles. The molecule has 1 aromatic heterocycles. The van der Waals surface area contributed by atoms with Gasteiger partial charge in [-0.05, 0) is 42.3 Å². The highest BCUT2D eigenvalue weighted by molar-refractivity contribution is 9.10. The molecule has 0 aliphatic carbocycles. The lowest BCUT2D eigenvalue weighted by atomic mass is 10.1. The summed E-state index contributed by atoms with van der Waals surface area (Å²) < 4.78 is 27.7. The second-order valence-corrected chi connectivity index (χ2v) is 8.34. The van der Waals surface area contributed by atoms with Crippen LogP contribution in [-0.2, 0) is 16.6 Å². The van der Waals surface area contributed by atoms with Gasteiger partial charge in [-0.2, -0.15) is 0 Å². The van der Waals surface area contributed by atoms with E-state index < -0.39 is 15.6 Å². The largest absolute Gasteiger partial charge is 0.349 e. The summed E-state index contributed by atoms with van der Waals surface area (Å²) in [7, 11) is -3.32. The summed E-state index contributed by atoms with van der Waals surface area (Å²) in [4.78, 5) is 12.2. The number of carbonyl (C=O) groups is 1. The molecule has 0 fully saturated rings. The van der Waals surface area contributed by atoms with E-state index in [0.717, 1.165) is 23.7 Å². The zero-order valence-corrected chi connectivity index (χ0v) is 15.1. The Morgan fingerprint density at radius 3 is 2.57 bits per heavy atom. The van der Waals surface area contributed by atoms with Crippen molar-refractivity contribution in [2.24, 2.45) is 0 Å². The van der Waals surface area contributed by atoms with Crippen LogP contribution >= 0.6 is 15.9 Å². The van der Waals surface area contributed by atoms with Crippen LogP contribution in [0.25, 0.3) is 0 Å². The van der Waals surface area contributed by atoms with Crippen molar-refractivity contribution < 1.29 is 13.2 Å². The fraction of sp³-hybridized carbons (Fsp3) is 0.615. The van der Waals surface area contributed by atoms with Crippen molar-refractivity contribution in [1.82, 2.24) is 14.6 Å². The third kappa shape index (κ3) is 6.19. The number of halogens is 1. The monoisotopic (exact) mass is 379 g/mol. The first-order valence-electron chi connectivity index (χ1n) is 6.67. The van der Waals surface area contributed by atoms with Crippen LogP contribution in [0.1, 0.15) is 37.7 Å². The molecule has 2 N–H and O–H groups in total. The number of amides is 1. The van der Waals surface area contributed by atoms with Crippen LogP contribution in [0.4, 0.5) is 0 Å². The van der Waals surface area contributed by atoms with Gasteiger partial charge < -0.3 is 9.88 Å². The Morgan fingerprint density at radius 1 is 1.43 bits per heavy atom. The van der Waals surface area contributed by atoms with Gasteiger partial charge in [-0.15, -0.1) is 0 Å². The Hall–Kier alpha value is -0.860. The van der Waals surface area contributed by atoms with E-state index >= 15 is 0 Å². The van der Waals surface area contributed by atoms with Crippen molar-refractivity contribution >= 4 is 31.9 Å². The number of aryl methyl sites for hydroxylation is 1. The topological polar surface area (TPSA) is 80.2 Å². The SMILES string of the molecule is CCCn1cc(Br)cc1C(=O)NCC(C)(C)NS(C)(=O)=O. The van der Waals surface area contributed by atoms with Gasteiger partial charge in [0.05, 0.1) is 6.26 Å². The number of sulfonamides is 1. The molecule has 1 amide bonds. The maximum atomic E-state index is 12.2. The van der Waals surface area contributed by atoms with Crippen LogP contribution in [0.5, 0.6) is 0 Å². The minimum Gasteiger partial charge on any atom is -0.349 e. The fourth-order valence-corrected chi connectivity index (χ4v) is 3.56. The van der Waals surface area contributed by atoms with E-state index in [1.54, 1.807) is 19.9 Å². The summed E-state index contributed by atoms with van der Waals surface area (Å²) in [6.45, 7) is 6.42. The van der Waals surface area contributed by atoms with Crippen LogP contribution in [0.15, 0.2) is 16.7 Å². The van der Waals surface area contributed by atoms with Gasteiger partial charge in [-0.1, -0.05) is 6.92 Å². The maximum Gasteiger partial charge on any atom is 0.268 e. The summed E-state index contributed by atoms with van der Waals surface area (Å²) in [6.07, 6.45) is 3.88. The van der Waals surface area contributed by atoms with Crippen molar-refractivity contribution in [3.63, 3.8) is 0 Å². The van der Waals surface area contributed by atoms with Gasteiger partial charge >= 0.3 is 0 Å². The molecule has 0 bridgehead atoms. The van der Waals surface area contributed by atoms with E-state index in [-0.39, 0.29) is 12.5 Å². The number of carbonyl (C=O) groups excluding carboxylic acids is 1. The van der Waals surface area contributed by atoms with Gasteiger partial charge in [0.15, 0.2) is 0 Å². The predicted octanol–water partition coefficient (Wildman–Crippen LogP) is 1.72. The molecule has 0 atom stereocenters. The van der Waals surface area contributed by atoms with E-state index in [1.165, 1.54) is 0 Å². The number of aromatic nitrogens is 1. The molecule has 1 aromatic rings. The number of nitrogens with one attached hydrogen (secondary N) is 2. The highest BCUT2D eigenvalue weighted by Gasteiger charge is 2.23. The zero-order chi connectivity index (χ0) is 16.3. The van der Waals surface area contributed by atoms with Gasteiger partial charge in [0.2, 0.25) is 10.0 Å². The Morgan fingerprint density at radius 2 is 2.05 bits per heavy atom. The molecular formula is C13H22BrN3O3S. The molecule has 0 radical (unpaired) electrons. The quantitative estimate of drug-likeness (QED) is 0.756. The van der Waals surface area contributed by atoms with Crippen LogP contribution in [0, 0.1) is 0 Å². The van der Waals surface area contributed by atoms with Gasteiger partial charge in [-0.3, -0.25) is 4.79 Å². The van der Waals surface area contributed by atoms with Crippen LogP contribution in [0.2, 0.25) is 0 Å². The zero-order valence-electron chi connectivity index (χ0n) is 12.7. The molecule has 0 aliphatic heterocycles. The lowest BCUT2D eigenvalue weighted by Gasteiger charge is -2.25. The highest BCUT2D eigenvalue weighted by atomic mass is 79.9. The van der Waals surface area contributed by atoms with Crippen molar-refractivity contribution in [2.75, 3.05) is 12.8 Å². The van der Waals surface area contributed by atoms with Gasteiger partial charge in [-0.25, -0.2) is 13.1 Å². The molecule has 1 heterocycles. The summed E-state index contributed by atoms with van der Waals surface area (Å²) in [5, 5.41) is 2.77. The minimum atomic E-state index is -3.32. The van der Waals surface area contributed by atoms with Gasteiger partial charge in [0.25, 0.3) is 5.91 Å². The first-order valence-corrected chi connectivity index (χ1v) is 9.35. The summed E-state index contributed by atoms with van der Waals surface area (Å²) in [6, 6.07) is 1.75. The van der Waals surface area contributed by atoms with Crippen molar-refractivity contribution in [3.8, 4) is 0 Å². The predicted molar refractivity (Wildman–Crippen MR) is 86.8 cm³/mol. The molecule has 0 aromatic carbocycles. The number of hydrogen-bond donors (Lipinski definition) is 2. The molecule has 0 unspecified atom stereocenters. The first kappa shape index (κ1) is 18.2. The van der Waals surface area contributed by atoms with Gasteiger partial charge in [0.1, 0.15) is 5.69 Å². The molecule has 6 nitrogen and oxygen atoms in total. The van der Waals surface area contributed by atoms with Gasteiger partial charge in [0, 0.05) is 29.3 Å². The van der Waals surface area contributed by atoms with Crippen LogP contribution in [-0.4, -0.2) is 37.2 Å². The van der Waals surface area contributed by atoms with E-state index in [1.807, 2.05) is 17.7 Å². The molecule has 0 spiro atoms. The number of nitrogens with zero attached hydrogens (tertiary/aromatic N) is 1. The average molecular weight is 380 g/mol. The van der Waals surface area contributed by atoms with E-state index in [9.17, 15) is 13.2 Å². The lowest BCUT2D eigenvalue weighted by Crippen LogP contribution is -2.51. The normalized spacial score (nSPS) is 12.4. The van der Waals surface area contributed by atoms with Crippen LogP contribution < -0.4 is 10.0 Å². The molecule has 21 heavy (non-hydrogen) atoms. The average Bonchev–Trinajstić information content (AvgIpc) is 2.65. The van der Waals surface area contributed by atoms with E-state index in [2.05, 4.69) is 26.0 Å². The van der Waals surface area contributed by atoms with Crippen LogP contribution in [0.3, 0.4) is 0 Å². The molecule has 8 heteroatoms. The third-order valence-corrected chi connectivity index (χ3v) is 4.07. The Kier molecular flexibility index (Phi) is 6.01. The van der Waals surface area contributed by atoms with Crippen molar-refractivity contribution in [1.29, 1.82) is 0 Å². The second-order valence-electron chi connectivity index (χ2n) is 5.68. The smallest absolute Gasteiger partial charge is 0.268 e. The standard InChI is InChI=1S/C13H22BrN3O3S/c1-5-6-17-8-10(14)7-11(17)12(18)15-9-13(2,3)16-21(4,19)20/h7-8,16H,5-6,9H2,1-4H3,(H,15,18). The highest BCUT2D eigenvalue weighted by Crippen LogP contribution is 2.15. The Bertz CT molecular complexity index is 608. The molecule has 0 aliphatic rings. The molecule has 1 rings (SSSR count). The lowest BCUT2D eigenvalue weighted by molar-refractivity contribution is 0.0935. The molecular weight excluding hydrogens is 358 g/mol. The number of hydrogen-bond acceptors (Lipinski definition) is 3. The Balaban J connectivity index is 2.74. The summed E-state index contributed by atoms with van der Waals surface area (Å²) in [5.41, 5.74) is -0.193. The maximum absolute atomic E-state index is 12.2. The number of rotatable bonds is 7. The molecule has 0 saturated carbocycles. The third-order valence-electron chi connectivity index (χ3n) is 2.71. The fourth-order valence-electron chi connectivity index (χ4n) is 2.02. The molecule has 120 valence electrons. The first-order chi connectivity index (χ1) is 9.54. The van der Waals surface area contributed by atoms with Crippen molar-refractivity contribution in [3.05, 3.63) is 22.4 Å². The minimum absolute atomic E-state index is 0.202. The van der Waals surface area contributed by atoms with E-state index in [0.29, 0.717) is 5.69 Å². The summed E-state index contributed by atoms with van der Waals surface area (Å²) in [5.74, 6) is -0.225. The Labute approximate surface area is 134 Å². The van der Waals surface area contributed by atoms with Crippen molar-refractivity contribution in [2.45, 2.75) is 39.3 Å². The second kappa shape index (κ2) is 6.93. The van der Waals surface area contributed by atoms with E-state index in [4.69, 9.17) is 0 Å².